The van der Waals surface area contributed by atoms with Gasteiger partial charge in [0.15, 0.2) is 0 Å². The summed E-state index contributed by atoms with van der Waals surface area (Å²) in [4.78, 5) is 14.3. The van der Waals surface area contributed by atoms with Gasteiger partial charge in [0.2, 0.25) is 0 Å². The van der Waals surface area contributed by atoms with Crippen molar-refractivity contribution in [3.05, 3.63) is 69.9 Å². The number of rotatable bonds is 12. The summed E-state index contributed by atoms with van der Waals surface area (Å²) < 4.78 is 12.0. The molecular formula is C28H37NO5S. The summed E-state index contributed by atoms with van der Waals surface area (Å²) >= 11 is 1.74. The van der Waals surface area contributed by atoms with Crippen LogP contribution in [-0.2, 0) is 27.3 Å². The topological polar surface area (TPSA) is 79.2 Å². The number of morpholine rings is 1. The summed E-state index contributed by atoms with van der Waals surface area (Å²) in [5.74, 6) is -0.554. The van der Waals surface area contributed by atoms with E-state index in [1.165, 1.54) is 16.0 Å². The second-order valence-electron chi connectivity index (χ2n) is 9.53. The molecule has 190 valence electrons. The van der Waals surface area contributed by atoms with E-state index in [0.29, 0.717) is 32.7 Å². The van der Waals surface area contributed by atoms with Crippen LogP contribution in [0.15, 0.2) is 53.9 Å². The number of hydrogen-bond donors (Lipinski definition) is 2. The number of carbonyl (C=O) groups is 1. The molecule has 1 aliphatic carbocycles. The minimum absolute atomic E-state index is 0.0128. The number of aliphatic hydroxyl groups is 1. The second-order valence-corrected chi connectivity index (χ2v) is 10.5. The van der Waals surface area contributed by atoms with Crippen molar-refractivity contribution in [3.8, 4) is 0 Å². The van der Waals surface area contributed by atoms with Crippen LogP contribution in [0.25, 0.3) is 0 Å². The fraction of sp³-hybridized carbons (Fsp3) is 0.536. The first kappa shape index (κ1) is 26.0. The Morgan fingerprint density at radius 1 is 1.17 bits per heavy atom. The third kappa shape index (κ3) is 7.72. The third-order valence-corrected chi connectivity index (χ3v) is 7.95. The molecule has 7 heteroatoms. The van der Waals surface area contributed by atoms with Crippen LogP contribution in [-0.4, -0.2) is 65.6 Å². The molecule has 0 unspecified atom stereocenters. The van der Waals surface area contributed by atoms with Crippen LogP contribution in [0.1, 0.15) is 48.1 Å². The Balaban J connectivity index is 1.36. The monoisotopic (exact) mass is 499 g/mol. The molecule has 1 aromatic carbocycles. The number of aliphatic hydroxyl groups excluding tert-OH is 1. The summed E-state index contributed by atoms with van der Waals surface area (Å²) in [6.07, 6.45) is 7.79. The van der Waals surface area contributed by atoms with Crippen LogP contribution in [0, 0.1) is 5.92 Å². The smallest absolute Gasteiger partial charge is 0.303 e. The van der Waals surface area contributed by atoms with Crippen molar-refractivity contribution in [2.75, 3.05) is 26.3 Å². The quantitative estimate of drug-likeness (QED) is 0.331. The van der Waals surface area contributed by atoms with Crippen molar-refractivity contribution in [2.24, 2.45) is 5.92 Å². The first-order valence-electron chi connectivity index (χ1n) is 12.7. The Labute approximate surface area is 212 Å². The summed E-state index contributed by atoms with van der Waals surface area (Å²) in [6, 6.07) is 12.8. The van der Waals surface area contributed by atoms with E-state index in [4.69, 9.17) is 14.6 Å². The summed E-state index contributed by atoms with van der Waals surface area (Å²) in [7, 11) is 0. The van der Waals surface area contributed by atoms with E-state index in [1.54, 1.807) is 11.3 Å². The number of nitrogens with zero attached hydrogens (tertiary/aromatic N) is 1. The van der Waals surface area contributed by atoms with Gasteiger partial charge in [0.25, 0.3) is 0 Å². The average Bonchev–Trinajstić information content (AvgIpc) is 3.44. The first-order valence-corrected chi connectivity index (χ1v) is 13.6. The van der Waals surface area contributed by atoms with Crippen LogP contribution in [0.2, 0.25) is 0 Å². The van der Waals surface area contributed by atoms with Crippen molar-refractivity contribution < 1.29 is 24.5 Å². The lowest BCUT2D eigenvalue weighted by Crippen LogP contribution is -2.50. The molecule has 1 saturated carbocycles. The first-order chi connectivity index (χ1) is 17.1. The van der Waals surface area contributed by atoms with E-state index in [1.807, 2.05) is 6.07 Å². The fourth-order valence-electron chi connectivity index (χ4n) is 5.29. The van der Waals surface area contributed by atoms with Crippen LogP contribution in [0.3, 0.4) is 0 Å². The van der Waals surface area contributed by atoms with Crippen molar-refractivity contribution >= 4 is 17.3 Å². The maximum absolute atomic E-state index is 11.0. The fourth-order valence-corrected chi connectivity index (χ4v) is 6.10. The van der Waals surface area contributed by atoms with Crippen LogP contribution < -0.4 is 0 Å². The normalized spacial score (nSPS) is 25.4. The molecule has 1 aliphatic heterocycles. The molecule has 0 amide bonds. The minimum Gasteiger partial charge on any atom is -0.481 e. The molecule has 1 aromatic heterocycles. The molecule has 4 rings (SSSR count). The van der Waals surface area contributed by atoms with Crippen molar-refractivity contribution in [2.45, 2.75) is 63.4 Å². The number of benzene rings is 1. The minimum atomic E-state index is -0.751. The summed E-state index contributed by atoms with van der Waals surface area (Å²) in [5.41, 5.74) is 2.61. The Bertz CT molecular complexity index is 940. The molecule has 2 aliphatic rings. The lowest BCUT2D eigenvalue weighted by molar-refractivity contribution is -0.137. The Hall–Kier alpha value is -2.03. The lowest BCUT2D eigenvalue weighted by Gasteiger charge is -2.37. The number of thiophene rings is 1. The number of ether oxygens (including phenoxy) is 2. The summed E-state index contributed by atoms with van der Waals surface area (Å²) in [5, 5.41) is 22.0. The highest BCUT2D eigenvalue weighted by atomic mass is 32.1. The van der Waals surface area contributed by atoms with Gasteiger partial charge in [-0.05, 0) is 48.3 Å². The van der Waals surface area contributed by atoms with Gasteiger partial charge >= 0.3 is 5.97 Å². The number of allylic oxidation sites excluding steroid dienone is 2. The Morgan fingerprint density at radius 3 is 2.74 bits per heavy atom. The highest BCUT2D eigenvalue weighted by Crippen LogP contribution is 2.37. The Morgan fingerprint density at radius 2 is 1.97 bits per heavy atom. The average molecular weight is 500 g/mol. The second kappa shape index (κ2) is 13.3. The molecule has 2 N–H and O–H groups in total. The molecule has 0 spiro atoms. The zero-order valence-corrected chi connectivity index (χ0v) is 21.1. The SMILES string of the molecule is O=C(O)CCCC=CC[C@H]1[C@H](N2CCOCC2)[C@@H](O)C[C@H]1OCc1cc(Cc2ccccc2)cs1. The van der Waals surface area contributed by atoms with Crippen molar-refractivity contribution in [1.82, 2.24) is 4.90 Å². The van der Waals surface area contributed by atoms with Gasteiger partial charge in [-0.1, -0.05) is 42.5 Å². The largest absolute Gasteiger partial charge is 0.481 e. The van der Waals surface area contributed by atoms with Crippen LogP contribution in [0.4, 0.5) is 0 Å². The van der Waals surface area contributed by atoms with Gasteiger partial charge in [0, 0.05) is 42.8 Å². The molecule has 1 saturated heterocycles. The molecule has 2 heterocycles. The number of hydrogen-bond acceptors (Lipinski definition) is 6. The number of unbranched alkanes of at least 4 members (excludes halogenated alkanes) is 1. The predicted octanol–water partition coefficient (Wildman–Crippen LogP) is 4.51. The van der Waals surface area contributed by atoms with Gasteiger partial charge in [-0.3, -0.25) is 9.69 Å². The van der Waals surface area contributed by atoms with Gasteiger partial charge in [0.05, 0.1) is 32.0 Å². The highest BCUT2D eigenvalue weighted by molar-refractivity contribution is 7.10. The number of aliphatic carboxylic acids is 1. The standard InChI is InChI=1S/C28H37NO5S/c30-25-18-26(34-19-23-17-22(20-35-23)16-21-8-4-3-5-9-21)24(10-6-1-2-7-11-27(31)32)28(25)29-12-14-33-15-13-29/h1,3-6,8-9,17,20,24-26,28,30H,2,7,10-16,18-19H2,(H,31,32)/t24-,25+,26-,28+/m1/s1. The van der Waals surface area contributed by atoms with Crippen LogP contribution in [0.5, 0.6) is 0 Å². The predicted molar refractivity (Wildman–Crippen MR) is 138 cm³/mol. The molecule has 6 nitrogen and oxygen atoms in total. The third-order valence-electron chi connectivity index (χ3n) is 6.99. The maximum atomic E-state index is 11.0. The molecule has 35 heavy (non-hydrogen) atoms. The van der Waals surface area contributed by atoms with E-state index in [-0.39, 0.29) is 24.5 Å². The van der Waals surface area contributed by atoms with E-state index >= 15 is 0 Å². The van der Waals surface area contributed by atoms with Gasteiger partial charge in [-0.2, -0.15) is 0 Å². The molecular weight excluding hydrogens is 462 g/mol. The number of carboxylic acids is 1. The van der Waals surface area contributed by atoms with Gasteiger partial charge in [0.1, 0.15) is 0 Å². The molecule has 0 bridgehead atoms. The van der Waals surface area contributed by atoms with Crippen molar-refractivity contribution in [1.29, 1.82) is 0 Å². The lowest BCUT2D eigenvalue weighted by atomic mass is 9.94. The van der Waals surface area contributed by atoms with Crippen molar-refractivity contribution in [3.63, 3.8) is 0 Å². The van der Waals surface area contributed by atoms with E-state index < -0.39 is 12.1 Å². The van der Waals surface area contributed by atoms with E-state index in [2.05, 4.69) is 52.8 Å². The van der Waals surface area contributed by atoms with Gasteiger partial charge in [-0.25, -0.2) is 0 Å². The van der Waals surface area contributed by atoms with Gasteiger partial charge in [-0.15, -0.1) is 11.3 Å². The molecule has 2 aromatic rings. The van der Waals surface area contributed by atoms with E-state index in [9.17, 15) is 9.90 Å². The van der Waals surface area contributed by atoms with Crippen LogP contribution >= 0.6 is 11.3 Å². The zero-order chi connectivity index (χ0) is 24.5. The number of carboxylic acid groups (broad SMARTS) is 1. The molecule has 2 fully saturated rings. The van der Waals surface area contributed by atoms with E-state index in [0.717, 1.165) is 32.4 Å². The molecule has 0 radical (unpaired) electrons. The Kier molecular flexibility index (Phi) is 9.92. The summed E-state index contributed by atoms with van der Waals surface area (Å²) in [6.45, 7) is 3.63. The zero-order valence-electron chi connectivity index (χ0n) is 20.3. The van der Waals surface area contributed by atoms with Gasteiger partial charge < -0.3 is 19.7 Å². The maximum Gasteiger partial charge on any atom is 0.303 e. The molecule has 4 atom stereocenters. The highest BCUT2D eigenvalue weighted by Gasteiger charge is 2.45.